The molecule has 0 aromatic heterocycles. The monoisotopic (exact) mass is 267 g/mol. The van der Waals surface area contributed by atoms with Gasteiger partial charge in [0.2, 0.25) is 0 Å². The van der Waals surface area contributed by atoms with Crippen molar-refractivity contribution in [1.29, 1.82) is 0 Å². The van der Waals surface area contributed by atoms with E-state index in [9.17, 15) is 5.11 Å². The van der Waals surface area contributed by atoms with Crippen molar-refractivity contribution < 1.29 is 5.11 Å². The minimum atomic E-state index is -0.475. The van der Waals surface area contributed by atoms with Crippen LogP contribution in [-0.2, 0) is 0 Å². The fourth-order valence-corrected chi connectivity index (χ4v) is 4.70. The Hall–Kier alpha value is -0.0800. The van der Waals surface area contributed by atoms with Crippen LogP contribution in [0.15, 0.2) is 0 Å². The quantitative estimate of drug-likeness (QED) is 0.815. The Balaban J connectivity index is 2.07. The highest BCUT2D eigenvalue weighted by Crippen LogP contribution is 2.55. The predicted octanol–water partition coefficient (Wildman–Crippen LogP) is 3.72. The number of hydrogen-bond donors (Lipinski definition) is 2. The molecule has 2 aliphatic carbocycles. The SMILES string of the molecule is CCC1CCC(CN)(C2(O)CCC(C(C)C)CC2)C1. The lowest BCUT2D eigenvalue weighted by molar-refractivity contribution is -0.115. The van der Waals surface area contributed by atoms with Crippen LogP contribution in [0.2, 0.25) is 0 Å². The number of aliphatic hydroxyl groups is 1. The van der Waals surface area contributed by atoms with Gasteiger partial charge < -0.3 is 10.8 Å². The lowest BCUT2D eigenvalue weighted by Gasteiger charge is -2.49. The summed E-state index contributed by atoms with van der Waals surface area (Å²) in [6, 6.07) is 0. The first-order valence-corrected chi connectivity index (χ1v) is 8.39. The average molecular weight is 267 g/mol. The van der Waals surface area contributed by atoms with Crippen molar-refractivity contribution in [1.82, 2.24) is 0 Å². The molecule has 112 valence electrons. The summed E-state index contributed by atoms with van der Waals surface area (Å²) in [5.74, 6) is 2.35. The molecule has 0 amide bonds. The smallest absolute Gasteiger partial charge is 0.0716 e. The van der Waals surface area contributed by atoms with Crippen LogP contribution in [0.3, 0.4) is 0 Å². The highest BCUT2D eigenvalue weighted by molar-refractivity contribution is 5.05. The molecule has 0 aromatic rings. The third-order valence-electron chi connectivity index (χ3n) is 6.47. The minimum Gasteiger partial charge on any atom is -0.389 e. The summed E-state index contributed by atoms with van der Waals surface area (Å²) in [4.78, 5) is 0. The zero-order chi connectivity index (χ0) is 14.1. The van der Waals surface area contributed by atoms with E-state index in [4.69, 9.17) is 5.73 Å². The van der Waals surface area contributed by atoms with Gasteiger partial charge in [-0.2, -0.15) is 0 Å². The van der Waals surface area contributed by atoms with Gasteiger partial charge in [-0.15, -0.1) is 0 Å². The molecule has 2 nitrogen and oxygen atoms in total. The molecule has 2 unspecified atom stereocenters. The van der Waals surface area contributed by atoms with Crippen molar-refractivity contribution in [3.05, 3.63) is 0 Å². The summed E-state index contributed by atoms with van der Waals surface area (Å²) in [7, 11) is 0. The van der Waals surface area contributed by atoms with Crippen LogP contribution in [0.5, 0.6) is 0 Å². The first-order valence-electron chi connectivity index (χ1n) is 8.39. The van der Waals surface area contributed by atoms with Gasteiger partial charge in [0.15, 0.2) is 0 Å². The Morgan fingerprint density at radius 2 is 1.79 bits per heavy atom. The Kier molecular flexibility index (Phi) is 4.62. The second-order valence-electron chi connectivity index (χ2n) is 7.61. The van der Waals surface area contributed by atoms with Crippen LogP contribution in [-0.4, -0.2) is 17.3 Å². The molecule has 2 aliphatic rings. The summed E-state index contributed by atoms with van der Waals surface area (Å²) in [5.41, 5.74) is 5.68. The van der Waals surface area contributed by atoms with Crippen molar-refractivity contribution in [3.63, 3.8) is 0 Å². The van der Waals surface area contributed by atoms with Gasteiger partial charge in [-0.05, 0) is 62.7 Å². The van der Waals surface area contributed by atoms with Gasteiger partial charge in [0, 0.05) is 12.0 Å². The molecular weight excluding hydrogens is 234 g/mol. The van der Waals surface area contributed by atoms with E-state index in [0.29, 0.717) is 6.54 Å². The molecule has 0 aliphatic heterocycles. The lowest BCUT2D eigenvalue weighted by atomic mass is 9.61. The van der Waals surface area contributed by atoms with Crippen LogP contribution in [0, 0.1) is 23.2 Å². The van der Waals surface area contributed by atoms with Crippen LogP contribution >= 0.6 is 0 Å². The van der Waals surface area contributed by atoms with Gasteiger partial charge in [-0.1, -0.05) is 27.2 Å². The molecule has 0 saturated heterocycles. The maximum absolute atomic E-state index is 11.3. The zero-order valence-electron chi connectivity index (χ0n) is 13.1. The molecule has 0 bridgehead atoms. The van der Waals surface area contributed by atoms with Gasteiger partial charge in [0.25, 0.3) is 0 Å². The van der Waals surface area contributed by atoms with Crippen LogP contribution in [0.1, 0.15) is 72.1 Å². The maximum Gasteiger partial charge on any atom is 0.0716 e. The van der Waals surface area contributed by atoms with E-state index < -0.39 is 5.60 Å². The fourth-order valence-electron chi connectivity index (χ4n) is 4.70. The first-order chi connectivity index (χ1) is 8.96. The molecule has 2 saturated carbocycles. The molecule has 0 radical (unpaired) electrons. The van der Waals surface area contributed by atoms with E-state index >= 15 is 0 Å². The van der Waals surface area contributed by atoms with Gasteiger partial charge in [0.05, 0.1) is 5.60 Å². The summed E-state index contributed by atoms with van der Waals surface area (Å²) < 4.78 is 0. The molecule has 0 heterocycles. The lowest BCUT2D eigenvalue weighted by Crippen LogP contribution is -2.53. The van der Waals surface area contributed by atoms with Gasteiger partial charge >= 0.3 is 0 Å². The Bertz CT molecular complexity index is 294. The number of hydrogen-bond acceptors (Lipinski definition) is 2. The summed E-state index contributed by atoms with van der Waals surface area (Å²) >= 11 is 0. The van der Waals surface area contributed by atoms with E-state index in [1.807, 2.05) is 0 Å². The van der Waals surface area contributed by atoms with E-state index in [2.05, 4.69) is 20.8 Å². The van der Waals surface area contributed by atoms with Gasteiger partial charge in [-0.3, -0.25) is 0 Å². The number of nitrogens with two attached hydrogens (primary N) is 1. The molecule has 2 atom stereocenters. The molecule has 2 rings (SSSR count). The van der Waals surface area contributed by atoms with Crippen molar-refractivity contribution in [2.75, 3.05) is 6.54 Å². The van der Waals surface area contributed by atoms with Crippen LogP contribution in [0.4, 0.5) is 0 Å². The van der Waals surface area contributed by atoms with E-state index in [1.165, 1.54) is 25.7 Å². The molecular formula is C17H33NO. The third kappa shape index (κ3) is 2.71. The van der Waals surface area contributed by atoms with Crippen LogP contribution in [0.25, 0.3) is 0 Å². The third-order valence-corrected chi connectivity index (χ3v) is 6.47. The Labute approximate surface area is 119 Å². The highest BCUT2D eigenvalue weighted by atomic mass is 16.3. The summed E-state index contributed by atoms with van der Waals surface area (Å²) in [5, 5.41) is 11.3. The molecule has 0 spiro atoms. The second-order valence-corrected chi connectivity index (χ2v) is 7.61. The second kappa shape index (κ2) is 5.73. The molecule has 3 N–H and O–H groups in total. The van der Waals surface area contributed by atoms with Gasteiger partial charge in [-0.25, -0.2) is 0 Å². The maximum atomic E-state index is 11.3. The standard InChI is InChI=1S/C17H33NO/c1-4-14-5-8-16(11-14,12-18)17(19)9-6-15(7-10-17)13(2)3/h13-15,19H,4-12,18H2,1-3H3. The normalized spacial score (nSPS) is 43.9. The Morgan fingerprint density at radius 1 is 1.16 bits per heavy atom. The predicted molar refractivity (Wildman–Crippen MR) is 80.9 cm³/mol. The van der Waals surface area contributed by atoms with E-state index in [-0.39, 0.29) is 5.41 Å². The van der Waals surface area contributed by atoms with Gasteiger partial charge in [0.1, 0.15) is 0 Å². The zero-order valence-corrected chi connectivity index (χ0v) is 13.1. The van der Waals surface area contributed by atoms with Crippen molar-refractivity contribution >= 4 is 0 Å². The molecule has 19 heavy (non-hydrogen) atoms. The highest BCUT2D eigenvalue weighted by Gasteiger charge is 2.53. The van der Waals surface area contributed by atoms with Crippen LogP contribution < -0.4 is 5.73 Å². The van der Waals surface area contributed by atoms with Crippen molar-refractivity contribution in [2.45, 2.75) is 77.7 Å². The average Bonchev–Trinajstić information content (AvgIpc) is 2.84. The largest absolute Gasteiger partial charge is 0.389 e. The van der Waals surface area contributed by atoms with E-state index in [1.54, 1.807) is 0 Å². The van der Waals surface area contributed by atoms with Crippen molar-refractivity contribution in [3.8, 4) is 0 Å². The molecule has 2 fully saturated rings. The van der Waals surface area contributed by atoms with E-state index in [0.717, 1.165) is 43.4 Å². The topological polar surface area (TPSA) is 46.2 Å². The minimum absolute atomic E-state index is 0.0234. The Morgan fingerprint density at radius 3 is 2.21 bits per heavy atom. The fraction of sp³-hybridized carbons (Fsp3) is 1.00. The summed E-state index contributed by atoms with van der Waals surface area (Å²) in [6.45, 7) is 7.58. The van der Waals surface area contributed by atoms with Crippen molar-refractivity contribution in [2.24, 2.45) is 28.9 Å². The molecule has 0 aromatic carbocycles. The number of rotatable bonds is 4. The molecule has 2 heteroatoms. The summed E-state index contributed by atoms with van der Waals surface area (Å²) in [6.07, 6.45) is 9.14. The first kappa shape index (κ1) is 15.3.